The second-order valence-corrected chi connectivity index (χ2v) is 9.31. The molecule has 35 heavy (non-hydrogen) atoms. The van der Waals surface area contributed by atoms with Crippen molar-refractivity contribution in [3.8, 4) is 0 Å². The van der Waals surface area contributed by atoms with Crippen molar-refractivity contribution in [2.75, 3.05) is 19.6 Å². The molecule has 198 valence electrons. The highest BCUT2D eigenvalue weighted by molar-refractivity contribution is 5.95. The Balaban J connectivity index is 2.70. The molecule has 1 aliphatic rings. The van der Waals surface area contributed by atoms with E-state index in [2.05, 4.69) is 21.3 Å². The second kappa shape index (κ2) is 13.6. The Morgan fingerprint density at radius 1 is 0.914 bits per heavy atom. The third-order valence-electron chi connectivity index (χ3n) is 5.69. The summed E-state index contributed by atoms with van der Waals surface area (Å²) in [5, 5.41) is 18.6. The molecule has 13 heteroatoms. The van der Waals surface area contributed by atoms with Gasteiger partial charge in [-0.05, 0) is 31.6 Å². The fourth-order valence-electron chi connectivity index (χ4n) is 3.54. The summed E-state index contributed by atoms with van der Waals surface area (Å²) in [4.78, 5) is 74.3. The highest BCUT2D eigenvalue weighted by Gasteiger charge is 2.37. The van der Waals surface area contributed by atoms with E-state index in [-0.39, 0.29) is 18.4 Å². The van der Waals surface area contributed by atoms with Gasteiger partial charge in [0.15, 0.2) is 0 Å². The third kappa shape index (κ3) is 9.15. The first-order valence-electron chi connectivity index (χ1n) is 11.7. The second-order valence-electron chi connectivity index (χ2n) is 9.31. The summed E-state index contributed by atoms with van der Waals surface area (Å²) < 4.78 is 0. The standard InChI is InChI=1S/C22H38N6O7/c1-11(2)17(23)20(33)24-9-15(29)27-18(12(3)4)21(34)26-13(5)22(35)28-8-6-7-14(28)19(32)25-10-16(30)31/h11-14,17-18H,6-10,23H2,1-5H3,(H,24,33)(H,25,32)(H,26,34)(H,27,29)(H,30,31). The van der Waals surface area contributed by atoms with Crippen LogP contribution in [0.1, 0.15) is 47.5 Å². The molecule has 0 radical (unpaired) electrons. The van der Waals surface area contributed by atoms with E-state index in [0.29, 0.717) is 19.4 Å². The Hall–Kier alpha value is -3.22. The van der Waals surface area contributed by atoms with E-state index in [9.17, 15) is 28.8 Å². The van der Waals surface area contributed by atoms with E-state index >= 15 is 0 Å². The fourth-order valence-corrected chi connectivity index (χ4v) is 3.54. The first-order valence-corrected chi connectivity index (χ1v) is 11.7. The van der Waals surface area contributed by atoms with Gasteiger partial charge in [0, 0.05) is 6.54 Å². The van der Waals surface area contributed by atoms with Crippen LogP contribution in [0, 0.1) is 11.8 Å². The number of aliphatic carboxylic acids is 1. The average Bonchev–Trinajstić information content (AvgIpc) is 3.27. The maximum absolute atomic E-state index is 12.9. The molecule has 0 spiro atoms. The predicted octanol–water partition coefficient (Wildman–Crippen LogP) is -2.08. The number of rotatable bonds is 12. The fraction of sp³-hybridized carbons (Fsp3) is 0.727. The molecule has 1 heterocycles. The van der Waals surface area contributed by atoms with Gasteiger partial charge in [-0.15, -0.1) is 0 Å². The molecular formula is C22H38N6O7. The molecule has 1 fully saturated rings. The molecule has 1 rings (SSSR count). The zero-order chi connectivity index (χ0) is 26.9. The van der Waals surface area contributed by atoms with Gasteiger partial charge in [0.2, 0.25) is 29.5 Å². The van der Waals surface area contributed by atoms with E-state index in [4.69, 9.17) is 10.8 Å². The SMILES string of the molecule is CC(NC(=O)C(NC(=O)CNC(=O)C(N)C(C)C)C(C)C)C(=O)N1CCCC1C(=O)NCC(=O)O. The molecule has 0 saturated carbocycles. The van der Waals surface area contributed by atoms with Gasteiger partial charge in [-0.25, -0.2) is 0 Å². The lowest BCUT2D eigenvalue weighted by Gasteiger charge is -2.28. The van der Waals surface area contributed by atoms with E-state index in [1.54, 1.807) is 27.7 Å². The summed E-state index contributed by atoms with van der Waals surface area (Å²) in [5.74, 6) is -4.34. The molecule has 0 aromatic carbocycles. The largest absolute Gasteiger partial charge is 0.480 e. The number of nitrogens with two attached hydrogens (primary N) is 1. The smallest absolute Gasteiger partial charge is 0.322 e. The van der Waals surface area contributed by atoms with Crippen LogP contribution in [-0.2, 0) is 28.8 Å². The Morgan fingerprint density at radius 3 is 2.09 bits per heavy atom. The minimum absolute atomic E-state index is 0.107. The van der Waals surface area contributed by atoms with Gasteiger partial charge in [0.1, 0.15) is 24.7 Å². The Bertz CT molecular complexity index is 816. The molecule has 0 aromatic rings. The number of carboxylic acid groups (broad SMARTS) is 1. The number of hydrogen-bond acceptors (Lipinski definition) is 7. The van der Waals surface area contributed by atoms with Gasteiger partial charge in [0.05, 0.1) is 12.6 Å². The average molecular weight is 499 g/mol. The molecule has 4 unspecified atom stereocenters. The summed E-state index contributed by atoms with van der Waals surface area (Å²) >= 11 is 0. The number of carbonyl (C=O) groups is 6. The van der Waals surface area contributed by atoms with E-state index < -0.39 is 66.2 Å². The van der Waals surface area contributed by atoms with Gasteiger partial charge in [-0.1, -0.05) is 27.7 Å². The summed E-state index contributed by atoms with van der Waals surface area (Å²) in [6, 6.07) is -3.54. The van der Waals surface area contributed by atoms with Crippen LogP contribution in [0.15, 0.2) is 0 Å². The Kier molecular flexibility index (Phi) is 11.6. The zero-order valence-corrected chi connectivity index (χ0v) is 20.9. The number of likely N-dealkylation sites (tertiary alicyclic amines) is 1. The maximum Gasteiger partial charge on any atom is 0.322 e. The van der Waals surface area contributed by atoms with E-state index in [1.807, 2.05) is 0 Å². The number of nitrogens with zero attached hydrogens (tertiary/aromatic N) is 1. The molecule has 5 amide bonds. The van der Waals surface area contributed by atoms with Crippen LogP contribution < -0.4 is 27.0 Å². The maximum atomic E-state index is 12.9. The quantitative estimate of drug-likeness (QED) is 0.176. The van der Waals surface area contributed by atoms with Gasteiger partial charge < -0.3 is 37.0 Å². The van der Waals surface area contributed by atoms with Crippen molar-refractivity contribution in [2.45, 2.75) is 71.6 Å². The lowest BCUT2D eigenvalue weighted by atomic mass is 10.0. The Morgan fingerprint density at radius 2 is 1.54 bits per heavy atom. The molecule has 0 bridgehead atoms. The number of amides is 5. The normalized spacial score (nSPS) is 17.9. The van der Waals surface area contributed by atoms with Crippen molar-refractivity contribution in [2.24, 2.45) is 17.6 Å². The van der Waals surface area contributed by atoms with Crippen molar-refractivity contribution in [3.05, 3.63) is 0 Å². The highest BCUT2D eigenvalue weighted by Crippen LogP contribution is 2.18. The molecular weight excluding hydrogens is 460 g/mol. The number of carboxylic acids is 1. The molecule has 1 aliphatic heterocycles. The van der Waals surface area contributed by atoms with Crippen molar-refractivity contribution in [1.82, 2.24) is 26.2 Å². The predicted molar refractivity (Wildman–Crippen MR) is 126 cm³/mol. The number of nitrogens with one attached hydrogen (secondary N) is 4. The van der Waals surface area contributed by atoms with Gasteiger partial charge in [-0.3, -0.25) is 28.8 Å². The molecule has 1 saturated heterocycles. The van der Waals surface area contributed by atoms with Crippen LogP contribution in [0.5, 0.6) is 0 Å². The van der Waals surface area contributed by atoms with Crippen molar-refractivity contribution in [1.29, 1.82) is 0 Å². The first-order chi connectivity index (χ1) is 16.3. The zero-order valence-electron chi connectivity index (χ0n) is 20.9. The van der Waals surface area contributed by atoms with Crippen LogP contribution in [0.3, 0.4) is 0 Å². The van der Waals surface area contributed by atoms with E-state index in [0.717, 1.165) is 0 Å². The third-order valence-corrected chi connectivity index (χ3v) is 5.69. The van der Waals surface area contributed by atoms with Crippen LogP contribution in [0.25, 0.3) is 0 Å². The van der Waals surface area contributed by atoms with Gasteiger partial charge >= 0.3 is 5.97 Å². The molecule has 0 aromatic heterocycles. The van der Waals surface area contributed by atoms with Crippen molar-refractivity contribution in [3.63, 3.8) is 0 Å². The van der Waals surface area contributed by atoms with Crippen LogP contribution in [0.4, 0.5) is 0 Å². The topological polar surface area (TPSA) is 200 Å². The summed E-state index contributed by atoms with van der Waals surface area (Å²) in [6.45, 7) is 7.84. The molecule has 7 N–H and O–H groups in total. The van der Waals surface area contributed by atoms with Gasteiger partial charge in [0.25, 0.3) is 0 Å². The number of hydrogen-bond donors (Lipinski definition) is 6. The van der Waals surface area contributed by atoms with Crippen molar-refractivity contribution < 1.29 is 33.9 Å². The summed E-state index contributed by atoms with van der Waals surface area (Å²) in [6.07, 6.45) is 0.948. The summed E-state index contributed by atoms with van der Waals surface area (Å²) in [7, 11) is 0. The summed E-state index contributed by atoms with van der Waals surface area (Å²) in [5.41, 5.74) is 5.74. The highest BCUT2D eigenvalue weighted by atomic mass is 16.4. The molecule has 13 nitrogen and oxygen atoms in total. The molecule has 0 aliphatic carbocycles. The molecule has 4 atom stereocenters. The van der Waals surface area contributed by atoms with E-state index in [1.165, 1.54) is 11.8 Å². The van der Waals surface area contributed by atoms with Crippen LogP contribution in [0.2, 0.25) is 0 Å². The minimum Gasteiger partial charge on any atom is -0.480 e. The van der Waals surface area contributed by atoms with Crippen molar-refractivity contribution >= 4 is 35.5 Å². The van der Waals surface area contributed by atoms with Gasteiger partial charge in [-0.2, -0.15) is 0 Å². The number of carbonyl (C=O) groups excluding carboxylic acids is 5. The Labute approximate surface area is 204 Å². The minimum atomic E-state index is -1.20. The van der Waals surface area contributed by atoms with Crippen LogP contribution in [-0.4, -0.2) is 89.3 Å². The first kappa shape index (κ1) is 29.8. The lowest BCUT2D eigenvalue weighted by Crippen LogP contribution is -2.57. The van der Waals surface area contributed by atoms with Crippen LogP contribution >= 0.6 is 0 Å². The monoisotopic (exact) mass is 498 g/mol. The lowest BCUT2D eigenvalue weighted by molar-refractivity contribution is -0.142.